The summed E-state index contributed by atoms with van der Waals surface area (Å²) in [6.45, 7) is 0.888. The van der Waals surface area contributed by atoms with Gasteiger partial charge in [0.1, 0.15) is 11.9 Å². The van der Waals surface area contributed by atoms with Crippen LogP contribution in [0, 0.1) is 5.82 Å². The van der Waals surface area contributed by atoms with Gasteiger partial charge < -0.3 is 10.6 Å². The Kier molecular flexibility index (Phi) is 7.91. The van der Waals surface area contributed by atoms with Crippen molar-refractivity contribution in [2.75, 3.05) is 11.4 Å². The average molecular weight is 483 g/mol. The van der Waals surface area contributed by atoms with E-state index in [9.17, 15) is 27.6 Å². The van der Waals surface area contributed by atoms with Crippen LogP contribution in [0.25, 0.3) is 0 Å². The number of carbonyl (C=O) groups is 3. The zero-order chi connectivity index (χ0) is 24.0. The van der Waals surface area contributed by atoms with Crippen LogP contribution in [-0.2, 0) is 14.4 Å². The molecule has 0 radical (unpaired) electrons. The summed E-state index contributed by atoms with van der Waals surface area (Å²) < 4.78 is 39.7. The number of aromatic nitrogens is 1. The van der Waals surface area contributed by atoms with Gasteiger partial charge in [0.2, 0.25) is 18.2 Å². The van der Waals surface area contributed by atoms with E-state index in [1.54, 1.807) is 12.1 Å². The maximum atomic E-state index is 13.6. The molecule has 2 aromatic rings. The number of hydrogen-bond donors (Lipinski definition) is 2. The van der Waals surface area contributed by atoms with Gasteiger partial charge in [0.15, 0.2) is 0 Å². The largest absolute Gasteiger partial charge is 0.356 e. The molecular formula is C22H22ClF3N4O3. The van der Waals surface area contributed by atoms with Crippen molar-refractivity contribution in [3.63, 3.8) is 0 Å². The molecule has 0 bridgehead atoms. The Morgan fingerprint density at radius 2 is 2.03 bits per heavy atom. The van der Waals surface area contributed by atoms with Crippen molar-refractivity contribution in [1.29, 1.82) is 0 Å². The van der Waals surface area contributed by atoms with Crippen LogP contribution in [-0.4, -0.2) is 41.7 Å². The van der Waals surface area contributed by atoms with Crippen molar-refractivity contribution in [3.05, 3.63) is 59.1 Å². The van der Waals surface area contributed by atoms with E-state index in [1.165, 1.54) is 18.3 Å². The highest BCUT2D eigenvalue weighted by atomic mass is 35.5. The van der Waals surface area contributed by atoms with Gasteiger partial charge in [-0.05, 0) is 12.5 Å². The van der Waals surface area contributed by atoms with Gasteiger partial charge in [-0.25, -0.2) is 13.2 Å². The standard InChI is InChI=1S/C18H15ClF3N3O2.C4H7NO/c19-15-4-2-1-3-14(15)16(17(27)24-12-6-18(21,22)7-12)25(10-26)13-5-11(20)8-23-9-13;6-4-2-1-3-5-4/h1-5,8-10,12,16H,6-7H2,(H,24,27);1-3H2,(H,5,6). The zero-order valence-electron chi connectivity index (χ0n) is 17.4. The van der Waals surface area contributed by atoms with E-state index in [0.717, 1.165) is 36.5 Å². The molecule has 1 aliphatic carbocycles. The van der Waals surface area contributed by atoms with E-state index in [-0.39, 0.29) is 22.2 Å². The number of anilines is 1. The summed E-state index contributed by atoms with van der Waals surface area (Å²) in [5.74, 6) is -4.00. The van der Waals surface area contributed by atoms with Crippen LogP contribution < -0.4 is 15.5 Å². The third kappa shape index (κ3) is 6.44. The fourth-order valence-corrected chi connectivity index (χ4v) is 3.77. The van der Waals surface area contributed by atoms with E-state index in [2.05, 4.69) is 15.6 Å². The van der Waals surface area contributed by atoms with Crippen LogP contribution in [0.4, 0.5) is 18.9 Å². The summed E-state index contributed by atoms with van der Waals surface area (Å²) in [4.78, 5) is 39.4. The van der Waals surface area contributed by atoms with Crippen molar-refractivity contribution < 1.29 is 27.6 Å². The first kappa shape index (κ1) is 24.5. The highest BCUT2D eigenvalue weighted by molar-refractivity contribution is 6.31. The number of alkyl halides is 2. The number of nitrogens with zero attached hydrogens (tertiary/aromatic N) is 2. The first-order chi connectivity index (χ1) is 15.7. The van der Waals surface area contributed by atoms with Gasteiger partial charge in [-0.15, -0.1) is 0 Å². The highest BCUT2D eigenvalue weighted by Crippen LogP contribution is 2.38. The summed E-state index contributed by atoms with van der Waals surface area (Å²) in [6, 6.07) is 5.38. The number of nitrogens with one attached hydrogen (secondary N) is 2. The topological polar surface area (TPSA) is 91.4 Å². The minimum atomic E-state index is -2.81. The Hall–Kier alpha value is -3.14. The number of benzene rings is 1. The Morgan fingerprint density at radius 3 is 2.55 bits per heavy atom. The van der Waals surface area contributed by atoms with Crippen LogP contribution in [0.5, 0.6) is 0 Å². The minimum Gasteiger partial charge on any atom is -0.356 e. The lowest BCUT2D eigenvalue weighted by Gasteiger charge is -2.37. The minimum absolute atomic E-state index is 0.0315. The Balaban J connectivity index is 0.000000442. The molecule has 7 nitrogen and oxygen atoms in total. The molecule has 0 spiro atoms. The molecule has 2 fully saturated rings. The smallest absolute Gasteiger partial charge is 0.252 e. The third-order valence-electron chi connectivity index (χ3n) is 5.17. The lowest BCUT2D eigenvalue weighted by molar-refractivity contribution is -0.131. The van der Waals surface area contributed by atoms with Crippen LogP contribution in [0.2, 0.25) is 5.02 Å². The summed E-state index contributed by atoms with van der Waals surface area (Å²) >= 11 is 6.18. The first-order valence-electron chi connectivity index (χ1n) is 10.2. The third-order valence-corrected chi connectivity index (χ3v) is 5.51. The average Bonchev–Trinajstić information content (AvgIpc) is 3.22. The van der Waals surface area contributed by atoms with E-state index < -0.39 is 42.6 Å². The molecule has 3 amide bonds. The molecule has 1 aromatic heterocycles. The van der Waals surface area contributed by atoms with Gasteiger partial charge in [-0.3, -0.25) is 24.3 Å². The second-order valence-corrected chi connectivity index (χ2v) is 8.13. The van der Waals surface area contributed by atoms with Crippen LogP contribution in [0.3, 0.4) is 0 Å². The number of halogens is 4. The van der Waals surface area contributed by atoms with Crippen LogP contribution in [0.15, 0.2) is 42.7 Å². The first-order valence-corrected chi connectivity index (χ1v) is 10.6. The lowest BCUT2D eigenvalue weighted by atomic mass is 9.88. The molecule has 1 atom stereocenters. The van der Waals surface area contributed by atoms with E-state index >= 15 is 0 Å². The molecule has 1 saturated heterocycles. The summed E-state index contributed by atoms with van der Waals surface area (Å²) in [5.41, 5.74) is 0.308. The molecule has 1 unspecified atom stereocenters. The SMILES string of the molecule is O=C1CCCN1.O=CN(c1cncc(F)c1)C(C(=O)NC1CC(F)(F)C1)c1ccccc1Cl. The molecule has 2 heterocycles. The molecule has 11 heteroatoms. The molecule has 1 saturated carbocycles. The number of carbonyl (C=O) groups excluding carboxylic acids is 3. The second-order valence-electron chi connectivity index (χ2n) is 7.72. The maximum absolute atomic E-state index is 13.6. The van der Waals surface area contributed by atoms with Gasteiger partial charge in [0.25, 0.3) is 5.92 Å². The number of hydrogen-bond acceptors (Lipinski definition) is 4. The second kappa shape index (κ2) is 10.7. The number of rotatable bonds is 6. The number of pyridine rings is 1. The fourth-order valence-electron chi connectivity index (χ4n) is 3.54. The fraction of sp³-hybridized carbons (Fsp3) is 0.364. The summed E-state index contributed by atoms with van der Waals surface area (Å²) in [5, 5.41) is 5.39. The van der Waals surface area contributed by atoms with E-state index in [0.29, 0.717) is 6.41 Å². The van der Waals surface area contributed by atoms with E-state index in [4.69, 9.17) is 11.6 Å². The Morgan fingerprint density at radius 1 is 1.30 bits per heavy atom. The molecule has 1 aromatic carbocycles. The van der Waals surface area contributed by atoms with Gasteiger partial charge in [0.05, 0.1) is 18.1 Å². The molecule has 2 N–H and O–H groups in total. The van der Waals surface area contributed by atoms with Crippen molar-refractivity contribution in [2.24, 2.45) is 0 Å². The van der Waals surface area contributed by atoms with Crippen molar-refractivity contribution >= 4 is 35.5 Å². The Labute approximate surface area is 193 Å². The predicted molar refractivity (Wildman–Crippen MR) is 115 cm³/mol. The van der Waals surface area contributed by atoms with Gasteiger partial charge in [-0.2, -0.15) is 0 Å². The van der Waals surface area contributed by atoms with Crippen molar-refractivity contribution in [1.82, 2.24) is 15.6 Å². The summed E-state index contributed by atoms with van der Waals surface area (Å²) in [6.07, 6.45) is 3.32. The van der Waals surface area contributed by atoms with Gasteiger partial charge in [-0.1, -0.05) is 29.8 Å². The predicted octanol–water partition coefficient (Wildman–Crippen LogP) is 3.39. The molecule has 4 rings (SSSR count). The molecule has 176 valence electrons. The highest BCUT2D eigenvalue weighted by Gasteiger charge is 2.47. The van der Waals surface area contributed by atoms with Crippen molar-refractivity contribution in [2.45, 2.75) is 43.7 Å². The normalized spacial score (nSPS) is 17.6. The number of amides is 3. The van der Waals surface area contributed by atoms with Crippen LogP contribution >= 0.6 is 11.6 Å². The Bertz CT molecular complexity index is 1010. The van der Waals surface area contributed by atoms with Gasteiger partial charge >= 0.3 is 0 Å². The monoisotopic (exact) mass is 482 g/mol. The van der Waals surface area contributed by atoms with Crippen molar-refractivity contribution in [3.8, 4) is 0 Å². The maximum Gasteiger partial charge on any atom is 0.252 e. The summed E-state index contributed by atoms with van der Waals surface area (Å²) in [7, 11) is 0. The lowest BCUT2D eigenvalue weighted by Crippen LogP contribution is -2.53. The quantitative estimate of drug-likeness (QED) is 0.617. The van der Waals surface area contributed by atoms with Gasteiger partial charge in [0, 0.05) is 48.5 Å². The van der Waals surface area contributed by atoms with Crippen LogP contribution in [0.1, 0.15) is 37.3 Å². The van der Waals surface area contributed by atoms with E-state index in [1.807, 2.05) is 0 Å². The molecular weight excluding hydrogens is 461 g/mol. The molecule has 33 heavy (non-hydrogen) atoms. The zero-order valence-corrected chi connectivity index (χ0v) is 18.2. The molecule has 2 aliphatic rings. The molecule has 1 aliphatic heterocycles.